The van der Waals surface area contributed by atoms with Crippen LogP contribution in [-0.2, 0) is 28.0 Å². The molecule has 1 aromatic carbocycles. The first-order chi connectivity index (χ1) is 12.1. The summed E-state index contributed by atoms with van der Waals surface area (Å²) in [7, 11) is 3.06. The van der Waals surface area contributed by atoms with Crippen LogP contribution in [0.1, 0.15) is 28.9 Å². The van der Waals surface area contributed by atoms with Gasteiger partial charge in [0.05, 0.1) is 25.5 Å². The van der Waals surface area contributed by atoms with Crippen molar-refractivity contribution in [2.75, 3.05) is 13.7 Å². The summed E-state index contributed by atoms with van der Waals surface area (Å²) in [5.74, 6) is -0.485. The van der Waals surface area contributed by atoms with Gasteiger partial charge in [-0.25, -0.2) is 9.59 Å². The molecule has 2 aliphatic rings. The molecule has 1 saturated heterocycles. The zero-order chi connectivity index (χ0) is 17.6. The van der Waals surface area contributed by atoms with E-state index in [1.54, 1.807) is 17.9 Å². The quantitative estimate of drug-likeness (QED) is 0.788. The van der Waals surface area contributed by atoms with Crippen LogP contribution in [0.25, 0.3) is 0 Å². The van der Waals surface area contributed by atoms with E-state index in [-0.39, 0.29) is 18.7 Å². The molecule has 3 heterocycles. The van der Waals surface area contributed by atoms with Crippen LogP contribution in [0.2, 0.25) is 0 Å². The molecule has 8 nitrogen and oxygen atoms in total. The van der Waals surface area contributed by atoms with E-state index in [1.165, 1.54) is 17.1 Å². The minimum Gasteiger partial charge on any atom is -0.467 e. The van der Waals surface area contributed by atoms with Gasteiger partial charge < -0.3 is 9.64 Å². The second kappa shape index (κ2) is 5.89. The lowest BCUT2D eigenvalue weighted by atomic mass is 9.98. The molecule has 0 saturated carbocycles. The van der Waals surface area contributed by atoms with Gasteiger partial charge in [0.1, 0.15) is 12.6 Å². The molecule has 0 spiro atoms. The van der Waals surface area contributed by atoms with E-state index in [9.17, 15) is 9.59 Å². The number of rotatable bonds is 4. The molecular formula is C17H18N4O4. The number of hydroxylamine groups is 2. The Kier molecular flexibility index (Phi) is 3.69. The normalized spacial score (nSPS) is 21.4. The Balaban J connectivity index is 1.65. The third-order valence-corrected chi connectivity index (χ3v) is 4.67. The van der Waals surface area contributed by atoms with E-state index in [0.29, 0.717) is 12.2 Å². The summed E-state index contributed by atoms with van der Waals surface area (Å²) >= 11 is 0. The Morgan fingerprint density at radius 1 is 1.32 bits per heavy atom. The fourth-order valence-electron chi connectivity index (χ4n) is 3.46. The number of fused-ring (bicyclic) bond motifs is 4. The van der Waals surface area contributed by atoms with Crippen LogP contribution in [0.5, 0.6) is 0 Å². The summed E-state index contributed by atoms with van der Waals surface area (Å²) < 4.78 is 6.52. The molecule has 2 amide bonds. The van der Waals surface area contributed by atoms with E-state index in [1.807, 2.05) is 30.3 Å². The summed E-state index contributed by atoms with van der Waals surface area (Å²) in [5.41, 5.74) is 2.44. The number of amides is 2. The Morgan fingerprint density at radius 3 is 2.80 bits per heavy atom. The van der Waals surface area contributed by atoms with Gasteiger partial charge in [0.15, 0.2) is 6.04 Å². The number of hydrogen-bond acceptors (Lipinski definition) is 5. The molecular weight excluding hydrogens is 324 g/mol. The van der Waals surface area contributed by atoms with Gasteiger partial charge in [0.2, 0.25) is 0 Å². The Hall–Kier alpha value is -2.87. The van der Waals surface area contributed by atoms with Crippen molar-refractivity contribution in [1.82, 2.24) is 19.7 Å². The van der Waals surface area contributed by atoms with Crippen LogP contribution < -0.4 is 0 Å². The highest BCUT2D eigenvalue weighted by Gasteiger charge is 2.53. The molecule has 1 fully saturated rings. The molecule has 2 bridgehead atoms. The average molecular weight is 342 g/mol. The zero-order valence-electron chi connectivity index (χ0n) is 14.0. The Labute approximate surface area is 144 Å². The van der Waals surface area contributed by atoms with Crippen molar-refractivity contribution in [3.8, 4) is 0 Å². The molecule has 8 heteroatoms. The number of hydrogen-bond donors (Lipinski definition) is 0. The number of benzene rings is 1. The zero-order valence-corrected chi connectivity index (χ0v) is 14.0. The lowest BCUT2D eigenvalue weighted by Gasteiger charge is -2.28. The summed E-state index contributed by atoms with van der Waals surface area (Å²) in [6.07, 6.45) is 1.69. The second-order valence-electron chi connectivity index (χ2n) is 6.07. The smallest absolute Gasteiger partial charge is 0.345 e. The maximum absolute atomic E-state index is 12.8. The van der Waals surface area contributed by atoms with Crippen molar-refractivity contribution < 1.29 is 19.2 Å². The lowest BCUT2D eigenvalue weighted by Crippen LogP contribution is -2.40. The summed E-state index contributed by atoms with van der Waals surface area (Å²) in [6, 6.07) is 8.18. The maximum atomic E-state index is 12.8. The van der Waals surface area contributed by atoms with Crippen molar-refractivity contribution in [3.63, 3.8) is 0 Å². The van der Waals surface area contributed by atoms with E-state index in [2.05, 4.69) is 5.10 Å². The number of nitrogens with zero attached hydrogens (tertiary/aromatic N) is 4. The molecule has 0 N–H and O–H groups in total. The van der Waals surface area contributed by atoms with Crippen molar-refractivity contribution in [3.05, 3.63) is 53.3 Å². The Bertz CT molecular complexity index is 819. The number of esters is 1. The van der Waals surface area contributed by atoms with Crippen LogP contribution in [0, 0.1) is 0 Å². The van der Waals surface area contributed by atoms with Gasteiger partial charge >= 0.3 is 12.0 Å². The van der Waals surface area contributed by atoms with Gasteiger partial charge in [-0.3, -0.25) is 9.52 Å². The molecule has 0 radical (unpaired) electrons. The van der Waals surface area contributed by atoms with Crippen molar-refractivity contribution in [2.45, 2.75) is 18.7 Å². The first-order valence-corrected chi connectivity index (χ1v) is 7.98. The Morgan fingerprint density at radius 2 is 2.08 bits per heavy atom. The van der Waals surface area contributed by atoms with Crippen molar-refractivity contribution >= 4 is 12.0 Å². The minimum absolute atomic E-state index is 0.273. The maximum Gasteiger partial charge on any atom is 0.345 e. The summed E-state index contributed by atoms with van der Waals surface area (Å²) in [5, 5.41) is 5.59. The molecule has 4 rings (SSSR count). The van der Waals surface area contributed by atoms with Crippen LogP contribution >= 0.6 is 0 Å². The first kappa shape index (κ1) is 15.6. The predicted octanol–water partition coefficient (Wildman–Crippen LogP) is 1.56. The third-order valence-electron chi connectivity index (χ3n) is 4.67. The fourth-order valence-corrected chi connectivity index (χ4v) is 3.46. The topological polar surface area (TPSA) is 76.9 Å². The van der Waals surface area contributed by atoms with Crippen molar-refractivity contribution in [1.29, 1.82) is 0 Å². The van der Waals surface area contributed by atoms with Crippen molar-refractivity contribution in [2.24, 2.45) is 7.05 Å². The number of aryl methyl sites for hydroxylation is 1. The third kappa shape index (κ3) is 2.37. The van der Waals surface area contributed by atoms with E-state index in [0.717, 1.165) is 11.1 Å². The van der Waals surface area contributed by atoms with Gasteiger partial charge in [0.25, 0.3) is 0 Å². The van der Waals surface area contributed by atoms with Gasteiger partial charge in [-0.05, 0) is 5.56 Å². The number of ether oxygens (including phenoxy) is 1. The molecule has 0 aliphatic carbocycles. The summed E-state index contributed by atoms with van der Waals surface area (Å²) in [6.45, 7) is 0.640. The molecule has 2 aromatic rings. The highest BCUT2D eigenvalue weighted by molar-refractivity contribution is 5.87. The predicted molar refractivity (Wildman–Crippen MR) is 85.9 cm³/mol. The monoisotopic (exact) mass is 342 g/mol. The number of methoxy groups -OCH3 is 1. The van der Waals surface area contributed by atoms with Gasteiger partial charge in [-0.2, -0.15) is 10.2 Å². The largest absolute Gasteiger partial charge is 0.467 e. The summed E-state index contributed by atoms with van der Waals surface area (Å²) in [4.78, 5) is 32.4. The van der Waals surface area contributed by atoms with Crippen LogP contribution in [-0.4, -0.2) is 45.4 Å². The number of urea groups is 1. The van der Waals surface area contributed by atoms with E-state index < -0.39 is 12.0 Å². The van der Waals surface area contributed by atoms with Crippen LogP contribution in [0.4, 0.5) is 4.79 Å². The lowest BCUT2D eigenvalue weighted by molar-refractivity contribution is -0.146. The number of carbonyl (C=O) groups is 2. The number of aromatic nitrogens is 2. The molecule has 2 atom stereocenters. The molecule has 25 heavy (non-hydrogen) atoms. The van der Waals surface area contributed by atoms with Gasteiger partial charge in [0, 0.05) is 12.6 Å². The van der Waals surface area contributed by atoms with Gasteiger partial charge in [-0.15, -0.1) is 0 Å². The highest BCUT2D eigenvalue weighted by Crippen LogP contribution is 2.44. The average Bonchev–Trinajstić information content (AvgIpc) is 3.15. The van der Waals surface area contributed by atoms with Crippen LogP contribution in [0.3, 0.4) is 0 Å². The highest BCUT2D eigenvalue weighted by atomic mass is 16.7. The standard InChI is InChI=1S/C17H18N4O4/c1-19-14-12(8-18-19)13-9-20(15(14)16(22)24-2)17(23)21(13)25-10-11-6-4-3-5-7-11/h3-8,13,15H,9-10H2,1-2H3/t13-,15-/m0/s1. The van der Waals surface area contributed by atoms with E-state index in [4.69, 9.17) is 9.57 Å². The molecule has 0 unspecified atom stereocenters. The van der Waals surface area contributed by atoms with Gasteiger partial charge in [-0.1, -0.05) is 30.3 Å². The van der Waals surface area contributed by atoms with E-state index >= 15 is 0 Å². The first-order valence-electron chi connectivity index (χ1n) is 7.98. The molecule has 2 aliphatic heterocycles. The van der Waals surface area contributed by atoms with Crippen LogP contribution in [0.15, 0.2) is 36.5 Å². The fraction of sp³-hybridized carbons (Fsp3) is 0.353. The molecule has 1 aromatic heterocycles. The minimum atomic E-state index is -0.804. The number of carbonyl (C=O) groups excluding carboxylic acids is 2. The second-order valence-corrected chi connectivity index (χ2v) is 6.07. The SMILES string of the molecule is COC(=O)[C@@H]1c2c(cnn2C)[C@@H]2CN1C(=O)N2OCc1ccccc1. The molecule has 130 valence electrons.